The Labute approximate surface area is 126 Å². The minimum atomic E-state index is -0.209. The maximum Gasteiger partial charge on any atom is 0.119 e. The summed E-state index contributed by atoms with van der Waals surface area (Å²) >= 11 is 0. The van der Waals surface area contributed by atoms with Crippen molar-refractivity contribution in [1.29, 1.82) is 0 Å². The molecule has 2 aromatic carbocycles. The second kappa shape index (κ2) is 5.90. The third kappa shape index (κ3) is 2.96. The molecule has 110 valence electrons. The van der Waals surface area contributed by atoms with Crippen molar-refractivity contribution < 1.29 is 4.74 Å². The maximum atomic E-state index is 6.69. The van der Waals surface area contributed by atoms with Crippen molar-refractivity contribution in [3.8, 4) is 5.75 Å². The van der Waals surface area contributed by atoms with Crippen LogP contribution in [0, 0.1) is 0 Å². The quantitative estimate of drug-likeness (QED) is 0.914. The van der Waals surface area contributed by atoms with Gasteiger partial charge in [-0.25, -0.2) is 0 Å². The van der Waals surface area contributed by atoms with E-state index in [4.69, 9.17) is 10.5 Å². The monoisotopic (exact) mass is 281 g/mol. The summed E-state index contributed by atoms with van der Waals surface area (Å²) in [6, 6.07) is 19.0. The van der Waals surface area contributed by atoms with E-state index < -0.39 is 0 Å². The summed E-state index contributed by atoms with van der Waals surface area (Å²) in [7, 11) is 1.70. The van der Waals surface area contributed by atoms with Gasteiger partial charge < -0.3 is 10.5 Å². The highest BCUT2D eigenvalue weighted by Crippen LogP contribution is 2.42. The zero-order chi connectivity index (χ0) is 14.7. The lowest BCUT2D eigenvalue weighted by Gasteiger charge is -2.38. The fourth-order valence-corrected chi connectivity index (χ4v) is 3.41. The van der Waals surface area contributed by atoms with Crippen LogP contribution in [0.4, 0.5) is 0 Å². The van der Waals surface area contributed by atoms with Crippen LogP contribution in [-0.2, 0) is 5.54 Å². The average Bonchev–Trinajstić information content (AvgIpc) is 2.56. The molecule has 2 nitrogen and oxygen atoms in total. The maximum absolute atomic E-state index is 6.69. The Morgan fingerprint density at radius 3 is 2.38 bits per heavy atom. The first-order valence-corrected chi connectivity index (χ1v) is 7.70. The van der Waals surface area contributed by atoms with Crippen molar-refractivity contribution in [3.05, 3.63) is 65.7 Å². The summed E-state index contributed by atoms with van der Waals surface area (Å²) in [5, 5.41) is 0. The number of rotatable bonds is 3. The van der Waals surface area contributed by atoms with Crippen LogP contribution in [0.25, 0.3) is 0 Å². The van der Waals surface area contributed by atoms with E-state index in [0.717, 1.165) is 31.4 Å². The second-order valence-electron chi connectivity index (χ2n) is 6.07. The Hall–Kier alpha value is -1.80. The van der Waals surface area contributed by atoms with E-state index >= 15 is 0 Å². The Bertz CT molecular complexity index is 586. The van der Waals surface area contributed by atoms with Crippen LogP contribution in [0.15, 0.2) is 54.6 Å². The topological polar surface area (TPSA) is 35.2 Å². The lowest BCUT2D eigenvalue weighted by Crippen LogP contribution is -2.40. The van der Waals surface area contributed by atoms with Crippen molar-refractivity contribution in [3.63, 3.8) is 0 Å². The molecular formula is C19H23NO. The van der Waals surface area contributed by atoms with Crippen LogP contribution < -0.4 is 10.5 Å². The average molecular weight is 281 g/mol. The van der Waals surface area contributed by atoms with Gasteiger partial charge in [0.2, 0.25) is 0 Å². The molecule has 0 atom stereocenters. The molecule has 0 heterocycles. The summed E-state index contributed by atoms with van der Waals surface area (Å²) in [6.45, 7) is 0. The SMILES string of the molecule is COc1cccc(C2(N)CCC(c3ccccc3)CC2)c1. The zero-order valence-corrected chi connectivity index (χ0v) is 12.6. The first-order chi connectivity index (χ1) is 10.2. The molecule has 1 saturated carbocycles. The molecule has 2 heteroatoms. The van der Waals surface area contributed by atoms with E-state index in [1.165, 1.54) is 11.1 Å². The van der Waals surface area contributed by atoms with E-state index in [0.29, 0.717) is 5.92 Å². The first kappa shape index (κ1) is 14.2. The summed E-state index contributed by atoms with van der Waals surface area (Å²) in [5.41, 5.74) is 9.13. The molecular weight excluding hydrogens is 258 g/mol. The van der Waals surface area contributed by atoms with Crippen molar-refractivity contribution in [2.75, 3.05) is 7.11 Å². The minimum Gasteiger partial charge on any atom is -0.497 e. The van der Waals surface area contributed by atoms with E-state index in [-0.39, 0.29) is 5.54 Å². The number of ether oxygens (including phenoxy) is 1. The van der Waals surface area contributed by atoms with Crippen LogP contribution in [0.5, 0.6) is 5.75 Å². The third-order valence-corrected chi connectivity index (χ3v) is 4.79. The van der Waals surface area contributed by atoms with Gasteiger partial charge >= 0.3 is 0 Å². The van der Waals surface area contributed by atoms with E-state index in [9.17, 15) is 0 Å². The van der Waals surface area contributed by atoms with Gasteiger partial charge in [0.05, 0.1) is 7.11 Å². The first-order valence-electron chi connectivity index (χ1n) is 7.70. The summed E-state index contributed by atoms with van der Waals surface area (Å²) in [5.74, 6) is 1.54. The molecule has 0 spiro atoms. The number of hydrogen-bond donors (Lipinski definition) is 1. The van der Waals surface area contributed by atoms with Gasteiger partial charge in [-0.1, -0.05) is 42.5 Å². The fraction of sp³-hybridized carbons (Fsp3) is 0.368. The number of hydrogen-bond acceptors (Lipinski definition) is 2. The van der Waals surface area contributed by atoms with Crippen molar-refractivity contribution >= 4 is 0 Å². The molecule has 0 saturated heterocycles. The van der Waals surface area contributed by atoms with Gasteiger partial charge in [-0.2, -0.15) is 0 Å². The highest BCUT2D eigenvalue weighted by molar-refractivity contribution is 5.34. The lowest BCUT2D eigenvalue weighted by atomic mass is 9.71. The number of benzene rings is 2. The smallest absolute Gasteiger partial charge is 0.119 e. The molecule has 0 aromatic heterocycles. The zero-order valence-electron chi connectivity index (χ0n) is 12.6. The predicted octanol–water partition coefficient (Wildman–Crippen LogP) is 4.21. The van der Waals surface area contributed by atoms with Gasteiger partial charge in [0.1, 0.15) is 5.75 Å². The molecule has 2 N–H and O–H groups in total. The standard InChI is InChI=1S/C19H23NO/c1-21-18-9-5-8-17(14-18)19(20)12-10-16(11-13-19)15-6-3-2-4-7-15/h2-9,14,16H,10-13,20H2,1H3. The largest absolute Gasteiger partial charge is 0.497 e. The van der Waals surface area contributed by atoms with Crippen LogP contribution in [-0.4, -0.2) is 7.11 Å². The van der Waals surface area contributed by atoms with Gasteiger partial charge in [0.15, 0.2) is 0 Å². The molecule has 1 aliphatic carbocycles. The van der Waals surface area contributed by atoms with Gasteiger partial charge in [-0.3, -0.25) is 0 Å². The molecule has 3 rings (SSSR count). The van der Waals surface area contributed by atoms with Crippen molar-refractivity contribution in [2.24, 2.45) is 5.73 Å². The normalized spacial score (nSPS) is 25.5. The van der Waals surface area contributed by atoms with Gasteiger partial charge in [0, 0.05) is 5.54 Å². The highest BCUT2D eigenvalue weighted by atomic mass is 16.5. The third-order valence-electron chi connectivity index (χ3n) is 4.79. The molecule has 0 bridgehead atoms. The molecule has 0 amide bonds. The van der Waals surface area contributed by atoms with E-state index in [2.05, 4.69) is 42.5 Å². The van der Waals surface area contributed by atoms with Crippen LogP contribution in [0.3, 0.4) is 0 Å². The lowest BCUT2D eigenvalue weighted by molar-refractivity contribution is 0.276. The van der Waals surface area contributed by atoms with Gasteiger partial charge in [-0.05, 0) is 54.9 Å². The van der Waals surface area contributed by atoms with Crippen LogP contribution >= 0.6 is 0 Å². The van der Waals surface area contributed by atoms with Crippen molar-refractivity contribution in [1.82, 2.24) is 0 Å². The van der Waals surface area contributed by atoms with Crippen LogP contribution in [0.1, 0.15) is 42.7 Å². The molecule has 0 radical (unpaired) electrons. The summed E-state index contributed by atoms with van der Waals surface area (Å²) in [4.78, 5) is 0. The van der Waals surface area contributed by atoms with Gasteiger partial charge in [-0.15, -0.1) is 0 Å². The Morgan fingerprint density at radius 1 is 1.00 bits per heavy atom. The Kier molecular flexibility index (Phi) is 3.98. The predicted molar refractivity (Wildman–Crippen MR) is 86.5 cm³/mol. The second-order valence-corrected chi connectivity index (χ2v) is 6.07. The molecule has 2 aromatic rings. The molecule has 0 unspecified atom stereocenters. The van der Waals surface area contributed by atoms with Crippen molar-refractivity contribution in [2.45, 2.75) is 37.1 Å². The Balaban J connectivity index is 1.74. The fourth-order valence-electron chi connectivity index (χ4n) is 3.41. The minimum absolute atomic E-state index is 0.209. The number of methoxy groups -OCH3 is 1. The summed E-state index contributed by atoms with van der Waals surface area (Å²) in [6.07, 6.45) is 4.36. The molecule has 1 fully saturated rings. The number of nitrogens with two attached hydrogens (primary N) is 1. The van der Waals surface area contributed by atoms with Gasteiger partial charge in [0.25, 0.3) is 0 Å². The molecule has 0 aliphatic heterocycles. The highest BCUT2D eigenvalue weighted by Gasteiger charge is 2.33. The van der Waals surface area contributed by atoms with Crippen LogP contribution in [0.2, 0.25) is 0 Å². The molecule has 1 aliphatic rings. The summed E-state index contributed by atoms with van der Waals surface area (Å²) < 4.78 is 5.33. The van der Waals surface area contributed by atoms with E-state index in [1.807, 2.05) is 12.1 Å². The Morgan fingerprint density at radius 2 is 1.71 bits per heavy atom. The van der Waals surface area contributed by atoms with E-state index in [1.54, 1.807) is 7.11 Å². The molecule has 21 heavy (non-hydrogen) atoms.